The topological polar surface area (TPSA) is 147 Å². The Morgan fingerprint density at radius 3 is 2.41 bits per heavy atom. The van der Waals surface area contributed by atoms with Crippen LogP contribution in [0.1, 0.15) is 68.3 Å². The standard InChI is InChI=1S/C30H39N5O5S/c1-4-10-35(11-5-2)30(39)23-15-21(28(31)37)14-22(16-23)29(38)34-25(17-27-33-9-12-41-27)26(36)19-32-18-20-7-6-8-24(13-20)40-3/h6-9,12-16,25-26,32,36H,4-5,10-11,17-19H2,1-3H3,(H2,31,37)(H,34,38). The number of nitrogens with one attached hydrogen (secondary N) is 2. The summed E-state index contributed by atoms with van der Waals surface area (Å²) >= 11 is 1.42. The number of rotatable bonds is 16. The average Bonchev–Trinajstić information content (AvgIpc) is 3.49. The Labute approximate surface area is 244 Å². The van der Waals surface area contributed by atoms with E-state index in [1.165, 1.54) is 29.5 Å². The fourth-order valence-corrected chi connectivity index (χ4v) is 5.10. The highest BCUT2D eigenvalue weighted by Gasteiger charge is 2.25. The molecule has 2 atom stereocenters. The number of ether oxygens (including phenoxy) is 1. The Kier molecular flexibility index (Phi) is 12.3. The molecule has 220 valence electrons. The molecule has 0 aliphatic heterocycles. The molecule has 5 N–H and O–H groups in total. The highest BCUT2D eigenvalue weighted by Crippen LogP contribution is 2.16. The summed E-state index contributed by atoms with van der Waals surface area (Å²) in [4.78, 5) is 44.8. The van der Waals surface area contributed by atoms with E-state index in [4.69, 9.17) is 10.5 Å². The Bertz CT molecular complexity index is 1290. The summed E-state index contributed by atoms with van der Waals surface area (Å²) in [5.41, 5.74) is 6.92. The van der Waals surface area contributed by atoms with Gasteiger partial charge in [-0.1, -0.05) is 26.0 Å². The molecule has 1 heterocycles. The number of benzene rings is 2. The summed E-state index contributed by atoms with van der Waals surface area (Å²) in [5.74, 6) is -0.810. The summed E-state index contributed by atoms with van der Waals surface area (Å²) in [7, 11) is 1.60. The number of carbonyl (C=O) groups is 3. The summed E-state index contributed by atoms with van der Waals surface area (Å²) in [6.45, 7) is 5.76. The molecule has 11 heteroatoms. The van der Waals surface area contributed by atoms with Crippen LogP contribution in [-0.4, -0.2) is 71.6 Å². The Morgan fingerprint density at radius 1 is 1.07 bits per heavy atom. The maximum atomic E-state index is 13.5. The molecule has 10 nitrogen and oxygen atoms in total. The number of nitrogens with two attached hydrogens (primary N) is 1. The Hall–Kier alpha value is -3.80. The first-order valence-corrected chi connectivity index (χ1v) is 14.6. The summed E-state index contributed by atoms with van der Waals surface area (Å²) in [5, 5.41) is 19.8. The summed E-state index contributed by atoms with van der Waals surface area (Å²) in [6, 6.07) is 11.2. The van der Waals surface area contributed by atoms with Crippen LogP contribution in [0.2, 0.25) is 0 Å². The molecular formula is C30H39N5O5S. The van der Waals surface area contributed by atoms with Crippen molar-refractivity contribution in [2.24, 2.45) is 5.73 Å². The quantitative estimate of drug-likeness (QED) is 0.203. The lowest BCUT2D eigenvalue weighted by Crippen LogP contribution is -2.48. The van der Waals surface area contributed by atoms with Gasteiger partial charge in [0.15, 0.2) is 0 Å². The van der Waals surface area contributed by atoms with Crippen molar-refractivity contribution in [2.75, 3.05) is 26.7 Å². The van der Waals surface area contributed by atoms with Gasteiger partial charge in [-0.15, -0.1) is 11.3 Å². The van der Waals surface area contributed by atoms with Crippen molar-refractivity contribution in [1.29, 1.82) is 0 Å². The van der Waals surface area contributed by atoms with Gasteiger partial charge in [0.05, 0.1) is 24.3 Å². The lowest BCUT2D eigenvalue weighted by atomic mass is 10.0. The van der Waals surface area contributed by atoms with Gasteiger partial charge in [0, 0.05) is 60.9 Å². The van der Waals surface area contributed by atoms with Gasteiger partial charge in [0.25, 0.3) is 11.8 Å². The normalized spacial score (nSPS) is 12.4. The van der Waals surface area contributed by atoms with Crippen LogP contribution >= 0.6 is 11.3 Å². The molecule has 2 unspecified atom stereocenters. The number of aromatic nitrogens is 1. The molecule has 0 fully saturated rings. The molecule has 41 heavy (non-hydrogen) atoms. The number of carbonyl (C=O) groups excluding carboxylic acids is 3. The van der Waals surface area contributed by atoms with Gasteiger partial charge in [-0.3, -0.25) is 14.4 Å². The molecule has 3 amide bonds. The van der Waals surface area contributed by atoms with Gasteiger partial charge in [0.1, 0.15) is 5.75 Å². The van der Waals surface area contributed by atoms with Crippen LogP contribution in [0.25, 0.3) is 0 Å². The molecule has 0 radical (unpaired) electrons. The number of methoxy groups -OCH3 is 1. The molecule has 2 aromatic carbocycles. The molecule has 0 saturated heterocycles. The van der Waals surface area contributed by atoms with Crippen LogP contribution < -0.4 is 21.1 Å². The second-order valence-corrected chi connectivity index (χ2v) is 10.7. The largest absolute Gasteiger partial charge is 0.497 e. The number of hydrogen-bond acceptors (Lipinski definition) is 8. The molecule has 0 aliphatic carbocycles. The van der Waals surface area contributed by atoms with Crippen molar-refractivity contribution in [1.82, 2.24) is 20.5 Å². The van der Waals surface area contributed by atoms with Crippen molar-refractivity contribution in [3.63, 3.8) is 0 Å². The monoisotopic (exact) mass is 581 g/mol. The van der Waals surface area contributed by atoms with E-state index in [0.29, 0.717) is 26.1 Å². The molecule has 0 spiro atoms. The van der Waals surface area contributed by atoms with Gasteiger partial charge in [-0.25, -0.2) is 4.98 Å². The van der Waals surface area contributed by atoms with Gasteiger partial charge in [-0.2, -0.15) is 0 Å². The van der Waals surface area contributed by atoms with Crippen LogP contribution in [0, 0.1) is 0 Å². The van der Waals surface area contributed by atoms with Gasteiger partial charge in [-0.05, 0) is 48.7 Å². The zero-order chi connectivity index (χ0) is 29.8. The molecule has 0 saturated carbocycles. The minimum absolute atomic E-state index is 0.0610. The first-order valence-electron chi connectivity index (χ1n) is 13.7. The number of thiazole rings is 1. The van der Waals surface area contributed by atoms with E-state index in [0.717, 1.165) is 29.2 Å². The smallest absolute Gasteiger partial charge is 0.253 e. The highest BCUT2D eigenvalue weighted by molar-refractivity contribution is 7.09. The van der Waals surface area contributed by atoms with E-state index in [1.807, 2.05) is 43.5 Å². The number of hydrogen-bond donors (Lipinski definition) is 4. The van der Waals surface area contributed by atoms with Gasteiger partial charge in [0.2, 0.25) is 5.91 Å². The van der Waals surface area contributed by atoms with E-state index < -0.39 is 24.0 Å². The van der Waals surface area contributed by atoms with Crippen molar-refractivity contribution in [3.05, 3.63) is 81.3 Å². The van der Waals surface area contributed by atoms with E-state index in [-0.39, 0.29) is 29.1 Å². The molecule has 3 aromatic rings. The second-order valence-electron chi connectivity index (χ2n) is 9.72. The first kappa shape index (κ1) is 31.7. The summed E-state index contributed by atoms with van der Waals surface area (Å²) < 4.78 is 5.27. The third-order valence-corrected chi connectivity index (χ3v) is 7.28. The van der Waals surface area contributed by atoms with Crippen LogP contribution in [0.4, 0.5) is 0 Å². The van der Waals surface area contributed by atoms with Crippen LogP contribution in [0.15, 0.2) is 54.0 Å². The predicted molar refractivity (Wildman–Crippen MR) is 159 cm³/mol. The maximum absolute atomic E-state index is 13.5. The van der Waals surface area contributed by atoms with Crippen LogP contribution in [0.3, 0.4) is 0 Å². The Balaban J connectivity index is 1.79. The zero-order valence-corrected chi connectivity index (χ0v) is 24.6. The molecular weight excluding hydrogens is 542 g/mol. The lowest BCUT2D eigenvalue weighted by Gasteiger charge is -2.25. The van der Waals surface area contributed by atoms with E-state index in [9.17, 15) is 19.5 Å². The third kappa shape index (κ3) is 9.38. The first-order chi connectivity index (χ1) is 19.7. The minimum Gasteiger partial charge on any atom is -0.497 e. The van der Waals surface area contributed by atoms with Crippen LogP contribution in [-0.2, 0) is 13.0 Å². The number of aliphatic hydroxyl groups is 1. The van der Waals surface area contributed by atoms with Gasteiger partial charge < -0.3 is 31.1 Å². The van der Waals surface area contributed by atoms with Crippen molar-refractivity contribution in [3.8, 4) is 5.75 Å². The van der Waals surface area contributed by atoms with Gasteiger partial charge >= 0.3 is 0 Å². The van der Waals surface area contributed by atoms with E-state index >= 15 is 0 Å². The molecule has 0 bridgehead atoms. The fraction of sp³-hybridized carbons (Fsp3) is 0.400. The SMILES string of the molecule is CCCN(CCC)C(=O)c1cc(C(N)=O)cc(C(=O)NC(Cc2nccs2)C(O)CNCc2cccc(OC)c2)c1. The number of nitrogens with zero attached hydrogens (tertiary/aromatic N) is 2. The minimum atomic E-state index is -0.960. The van der Waals surface area contributed by atoms with E-state index in [2.05, 4.69) is 15.6 Å². The maximum Gasteiger partial charge on any atom is 0.253 e. The predicted octanol–water partition coefficient (Wildman–Crippen LogP) is 3.00. The average molecular weight is 582 g/mol. The molecule has 3 rings (SSSR count). The third-order valence-electron chi connectivity index (χ3n) is 6.48. The summed E-state index contributed by atoms with van der Waals surface area (Å²) in [6.07, 6.45) is 2.55. The number of aliphatic hydroxyl groups excluding tert-OH is 1. The Morgan fingerprint density at radius 2 is 1.78 bits per heavy atom. The number of amides is 3. The fourth-order valence-electron chi connectivity index (χ4n) is 4.43. The molecule has 0 aliphatic rings. The second kappa shape index (κ2) is 15.8. The van der Waals surface area contributed by atoms with Crippen molar-refractivity contribution in [2.45, 2.75) is 51.8 Å². The van der Waals surface area contributed by atoms with Crippen LogP contribution in [0.5, 0.6) is 5.75 Å². The zero-order valence-electron chi connectivity index (χ0n) is 23.8. The van der Waals surface area contributed by atoms with Crippen molar-refractivity contribution < 1.29 is 24.2 Å². The van der Waals surface area contributed by atoms with E-state index in [1.54, 1.807) is 18.2 Å². The lowest BCUT2D eigenvalue weighted by molar-refractivity contribution is 0.0755. The van der Waals surface area contributed by atoms with Crippen molar-refractivity contribution >= 4 is 29.1 Å². The highest BCUT2D eigenvalue weighted by atomic mass is 32.1. The number of primary amides is 1. The molecule has 1 aromatic heterocycles.